The molecule has 1 unspecified atom stereocenters. The Bertz CT molecular complexity index is 453. The molecule has 1 rings (SSSR count). The van der Waals surface area contributed by atoms with Crippen LogP contribution in [0.1, 0.15) is 45.9 Å². The Morgan fingerprint density at radius 3 is 2.42 bits per heavy atom. The van der Waals surface area contributed by atoms with Gasteiger partial charge in [-0.3, -0.25) is 0 Å². The van der Waals surface area contributed by atoms with Crippen molar-refractivity contribution in [1.82, 2.24) is 19.9 Å². The van der Waals surface area contributed by atoms with Crippen molar-refractivity contribution in [2.45, 2.75) is 45.8 Å². The second-order valence-electron chi connectivity index (χ2n) is 5.38. The fourth-order valence-electron chi connectivity index (χ4n) is 1.71. The quantitative estimate of drug-likeness (QED) is 0.853. The largest absolute Gasteiger partial charge is 0.444 e. The number of aryl methyl sites for hydroxylation is 1. The van der Waals surface area contributed by atoms with Crippen molar-refractivity contribution in [2.24, 2.45) is 7.05 Å². The first-order chi connectivity index (χ1) is 8.65. The van der Waals surface area contributed by atoms with Crippen molar-refractivity contribution in [3.8, 4) is 0 Å². The van der Waals surface area contributed by atoms with E-state index in [0.717, 1.165) is 12.1 Å². The molecule has 0 radical (unpaired) electrons. The number of hydrogen-bond donors (Lipinski definition) is 0. The van der Waals surface area contributed by atoms with Crippen molar-refractivity contribution in [2.75, 3.05) is 7.05 Å². The molecule has 1 aromatic rings. The van der Waals surface area contributed by atoms with E-state index in [9.17, 15) is 4.79 Å². The van der Waals surface area contributed by atoms with Crippen molar-refractivity contribution in [3.05, 3.63) is 10.3 Å². The van der Waals surface area contributed by atoms with Crippen LogP contribution in [0.3, 0.4) is 0 Å². The highest BCUT2D eigenvalue weighted by molar-refractivity contribution is 9.10. The lowest BCUT2D eigenvalue weighted by Gasteiger charge is -2.29. The summed E-state index contributed by atoms with van der Waals surface area (Å²) in [6.07, 6.45) is 0.365. The Morgan fingerprint density at radius 2 is 2.05 bits per heavy atom. The van der Waals surface area contributed by atoms with Crippen LogP contribution in [-0.2, 0) is 11.8 Å². The van der Waals surface area contributed by atoms with Gasteiger partial charge in [0, 0.05) is 14.1 Å². The van der Waals surface area contributed by atoms with E-state index < -0.39 is 5.60 Å². The van der Waals surface area contributed by atoms with E-state index in [1.165, 1.54) is 4.80 Å². The first-order valence-corrected chi connectivity index (χ1v) is 6.97. The SMILES string of the molecule is CCC(c1nn(C)nc1Br)N(C)C(=O)OC(C)(C)C. The standard InChI is InChI=1S/C12H21BrN4O2/c1-7-8(9-10(13)15-17(6)14-9)16(5)11(18)19-12(2,3)4/h8H,7H2,1-6H3. The Hall–Kier alpha value is -1.11. The monoisotopic (exact) mass is 332 g/mol. The van der Waals surface area contributed by atoms with Crippen LogP contribution in [0, 0.1) is 0 Å². The van der Waals surface area contributed by atoms with Gasteiger partial charge in [0.2, 0.25) is 0 Å². The van der Waals surface area contributed by atoms with Crippen LogP contribution in [-0.4, -0.2) is 38.6 Å². The Labute approximate surface area is 122 Å². The molecule has 6 nitrogen and oxygen atoms in total. The zero-order valence-electron chi connectivity index (χ0n) is 12.3. The molecule has 0 N–H and O–H groups in total. The average Bonchev–Trinajstić information content (AvgIpc) is 2.56. The number of nitrogens with zero attached hydrogens (tertiary/aromatic N) is 4. The lowest BCUT2D eigenvalue weighted by Crippen LogP contribution is -2.36. The fourth-order valence-corrected chi connectivity index (χ4v) is 2.29. The van der Waals surface area contributed by atoms with E-state index in [1.54, 1.807) is 19.0 Å². The third-order valence-electron chi connectivity index (χ3n) is 2.55. The number of carbonyl (C=O) groups excluding carboxylic acids is 1. The summed E-state index contributed by atoms with van der Waals surface area (Å²) in [6, 6.07) is -0.169. The molecule has 0 saturated carbocycles. The predicted octanol–water partition coefficient (Wildman–Crippen LogP) is 2.90. The van der Waals surface area contributed by atoms with Crippen LogP contribution in [0.2, 0.25) is 0 Å². The van der Waals surface area contributed by atoms with Gasteiger partial charge in [0.05, 0.1) is 6.04 Å². The predicted molar refractivity (Wildman–Crippen MR) is 75.7 cm³/mol. The van der Waals surface area contributed by atoms with Crippen molar-refractivity contribution in [3.63, 3.8) is 0 Å². The van der Waals surface area contributed by atoms with Gasteiger partial charge in [-0.1, -0.05) is 6.92 Å². The molecule has 0 saturated heterocycles. The lowest BCUT2D eigenvalue weighted by molar-refractivity contribution is 0.0211. The molecule has 0 aliphatic heterocycles. The van der Waals surface area contributed by atoms with E-state index in [0.29, 0.717) is 4.60 Å². The van der Waals surface area contributed by atoms with Crippen molar-refractivity contribution < 1.29 is 9.53 Å². The van der Waals surface area contributed by atoms with E-state index >= 15 is 0 Å². The Morgan fingerprint density at radius 1 is 1.47 bits per heavy atom. The summed E-state index contributed by atoms with van der Waals surface area (Å²) in [5.74, 6) is 0. The molecule has 1 atom stereocenters. The first-order valence-electron chi connectivity index (χ1n) is 6.18. The summed E-state index contributed by atoms with van der Waals surface area (Å²) in [5.41, 5.74) is 0.224. The molecule has 0 aromatic carbocycles. The van der Waals surface area contributed by atoms with Gasteiger partial charge >= 0.3 is 6.09 Å². The number of carbonyl (C=O) groups is 1. The molecule has 1 aromatic heterocycles. The highest BCUT2D eigenvalue weighted by Crippen LogP contribution is 2.27. The van der Waals surface area contributed by atoms with Crippen LogP contribution in [0.5, 0.6) is 0 Å². The van der Waals surface area contributed by atoms with E-state index in [1.807, 2.05) is 27.7 Å². The topological polar surface area (TPSA) is 60.2 Å². The van der Waals surface area contributed by atoms with Gasteiger partial charge in [-0.2, -0.15) is 9.90 Å². The molecule has 19 heavy (non-hydrogen) atoms. The summed E-state index contributed by atoms with van der Waals surface area (Å²) in [5, 5.41) is 8.43. The molecule has 0 fully saturated rings. The third kappa shape index (κ3) is 4.19. The van der Waals surface area contributed by atoms with E-state index in [2.05, 4.69) is 26.1 Å². The summed E-state index contributed by atoms with van der Waals surface area (Å²) in [7, 11) is 3.46. The molecular formula is C12H21BrN4O2. The highest BCUT2D eigenvalue weighted by atomic mass is 79.9. The average molecular weight is 333 g/mol. The minimum absolute atomic E-state index is 0.169. The maximum absolute atomic E-state index is 12.1. The van der Waals surface area contributed by atoms with Crippen LogP contribution >= 0.6 is 15.9 Å². The molecule has 1 amide bonds. The van der Waals surface area contributed by atoms with Gasteiger partial charge in [-0.05, 0) is 43.1 Å². The van der Waals surface area contributed by atoms with Crippen LogP contribution in [0.15, 0.2) is 4.60 Å². The fraction of sp³-hybridized carbons (Fsp3) is 0.750. The zero-order chi connectivity index (χ0) is 14.8. The second-order valence-corrected chi connectivity index (χ2v) is 6.13. The minimum atomic E-state index is -0.511. The molecular weight excluding hydrogens is 312 g/mol. The van der Waals surface area contributed by atoms with Gasteiger partial charge in [-0.25, -0.2) is 4.79 Å². The minimum Gasteiger partial charge on any atom is -0.444 e. The molecule has 0 spiro atoms. The summed E-state index contributed by atoms with van der Waals surface area (Å²) < 4.78 is 6.02. The van der Waals surface area contributed by atoms with Crippen LogP contribution in [0.4, 0.5) is 4.79 Å². The van der Waals surface area contributed by atoms with E-state index in [-0.39, 0.29) is 12.1 Å². The van der Waals surface area contributed by atoms with Gasteiger partial charge in [0.1, 0.15) is 11.3 Å². The number of ether oxygens (including phenoxy) is 1. The highest BCUT2D eigenvalue weighted by Gasteiger charge is 2.28. The third-order valence-corrected chi connectivity index (χ3v) is 3.11. The molecule has 7 heteroatoms. The Kier molecular flexibility index (Phi) is 4.95. The van der Waals surface area contributed by atoms with Crippen molar-refractivity contribution >= 4 is 22.0 Å². The number of hydrogen-bond acceptors (Lipinski definition) is 4. The number of amides is 1. The summed E-state index contributed by atoms with van der Waals surface area (Å²) in [4.78, 5) is 15.1. The van der Waals surface area contributed by atoms with Gasteiger partial charge in [0.15, 0.2) is 4.60 Å². The van der Waals surface area contributed by atoms with Crippen LogP contribution < -0.4 is 0 Å². The maximum Gasteiger partial charge on any atom is 0.410 e. The first kappa shape index (κ1) is 15.9. The Balaban J connectivity index is 2.91. The second kappa shape index (κ2) is 5.90. The number of aromatic nitrogens is 3. The normalized spacial score (nSPS) is 13.2. The number of rotatable bonds is 3. The maximum atomic E-state index is 12.1. The molecule has 1 heterocycles. The molecule has 0 bridgehead atoms. The molecule has 0 aliphatic carbocycles. The smallest absolute Gasteiger partial charge is 0.410 e. The molecule has 0 aliphatic rings. The van der Waals surface area contributed by atoms with Crippen molar-refractivity contribution in [1.29, 1.82) is 0 Å². The zero-order valence-corrected chi connectivity index (χ0v) is 13.9. The van der Waals surface area contributed by atoms with E-state index in [4.69, 9.17) is 4.74 Å². The summed E-state index contributed by atoms with van der Waals surface area (Å²) >= 11 is 3.36. The van der Waals surface area contributed by atoms with Crippen LogP contribution in [0.25, 0.3) is 0 Å². The van der Waals surface area contributed by atoms with Gasteiger partial charge < -0.3 is 9.64 Å². The number of halogens is 1. The lowest BCUT2D eigenvalue weighted by atomic mass is 10.1. The van der Waals surface area contributed by atoms with Gasteiger partial charge in [-0.15, -0.1) is 5.10 Å². The summed E-state index contributed by atoms with van der Waals surface area (Å²) in [6.45, 7) is 7.53. The molecule has 108 valence electrons. The van der Waals surface area contributed by atoms with Gasteiger partial charge in [0.25, 0.3) is 0 Å².